The monoisotopic (exact) mass is 234 g/mol. The molecule has 0 heterocycles. The first kappa shape index (κ1) is 14.8. The van der Waals surface area contributed by atoms with E-state index in [1.807, 2.05) is 27.7 Å². The van der Waals surface area contributed by atoms with Crippen LogP contribution in [0.1, 0.15) is 27.7 Å². The number of hydrogen-bond acceptors (Lipinski definition) is 4. The summed E-state index contributed by atoms with van der Waals surface area (Å²) in [7, 11) is -2.95. The third-order valence-electron chi connectivity index (χ3n) is 1.63. The highest BCUT2D eigenvalue weighted by Gasteiger charge is 2.45. The van der Waals surface area contributed by atoms with Gasteiger partial charge >= 0.3 is 9.05 Å². The van der Waals surface area contributed by atoms with Crippen molar-refractivity contribution in [3.8, 4) is 0 Å². The molecule has 0 saturated heterocycles. The van der Waals surface area contributed by atoms with E-state index in [0.717, 1.165) is 0 Å². The normalized spacial score (nSPS) is 13.9. The zero-order valence-corrected chi connectivity index (χ0v) is 11.1. The summed E-state index contributed by atoms with van der Waals surface area (Å²) >= 11 is 0. The second kappa shape index (κ2) is 8.01. The van der Waals surface area contributed by atoms with E-state index in [2.05, 4.69) is 6.58 Å². The number of rotatable bonds is 9. The SMILES string of the molecule is C=CC(C)O[Si](OCC)(OCC)OCC. The van der Waals surface area contributed by atoms with Gasteiger partial charge in [0.15, 0.2) is 0 Å². The molecular formula is C10H22O4Si. The van der Waals surface area contributed by atoms with E-state index in [9.17, 15) is 0 Å². The van der Waals surface area contributed by atoms with Crippen molar-refractivity contribution in [1.29, 1.82) is 0 Å². The van der Waals surface area contributed by atoms with Gasteiger partial charge in [-0.05, 0) is 27.7 Å². The largest absolute Gasteiger partial charge is 0.680 e. The molecule has 0 N–H and O–H groups in total. The molecule has 0 saturated carbocycles. The highest BCUT2D eigenvalue weighted by atomic mass is 28.4. The van der Waals surface area contributed by atoms with Crippen LogP contribution in [-0.2, 0) is 17.7 Å². The second-order valence-electron chi connectivity index (χ2n) is 2.86. The molecule has 0 aliphatic heterocycles. The van der Waals surface area contributed by atoms with Gasteiger partial charge in [-0.2, -0.15) is 0 Å². The topological polar surface area (TPSA) is 36.9 Å². The maximum absolute atomic E-state index is 5.66. The summed E-state index contributed by atoms with van der Waals surface area (Å²) in [5.41, 5.74) is 0. The van der Waals surface area contributed by atoms with Gasteiger partial charge in [-0.15, -0.1) is 6.58 Å². The van der Waals surface area contributed by atoms with E-state index in [4.69, 9.17) is 17.7 Å². The molecule has 0 radical (unpaired) electrons. The Morgan fingerprint density at radius 2 is 1.47 bits per heavy atom. The van der Waals surface area contributed by atoms with Crippen molar-refractivity contribution < 1.29 is 17.7 Å². The average molecular weight is 234 g/mol. The predicted octanol–water partition coefficient (Wildman–Crippen LogP) is 2.12. The Morgan fingerprint density at radius 1 is 1.07 bits per heavy atom. The zero-order chi connectivity index (χ0) is 11.7. The van der Waals surface area contributed by atoms with Crippen molar-refractivity contribution in [1.82, 2.24) is 0 Å². The molecule has 15 heavy (non-hydrogen) atoms. The molecule has 4 nitrogen and oxygen atoms in total. The smallest absolute Gasteiger partial charge is 0.351 e. The Balaban J connectivity index is 4.51. The highest BCUT2D eigenvalue weighted by molar-refractivity contribution is 6.53. The van der Waals surface area contributed by atoms with E-state index in [1.165, 1.54) is 0 Å². The summed E-state index contributed by atoms with van der Waals surface area (Å²) < 4.78 is 22.2. The van der Waals surface area contributed by atoms with Gasteiger partial charge in [-0.25, -0.2) is 0 Å². The van der Waals surface area contributed by atoms with E-state index in [0.29, 0.717) is 19.8 Å². The zero-order valence-electron chi connectivity index (χ0n) is 10.1. The molecule has 90 valence electrons. The van der Waals surface area contributed by atoms with Crippen LogP contribution in [-0.4, -0.2) is 35.0 Å². The lowest BCUT2D eigenvalue weighted by atomic mass is 10.4. The summed E-state index contributed by atoms with van der Waals surface area (Å²) in [6.45, 7) is 12.7. The van der Waals surface area contributed by atoms with E-state index >= 15 is 0 Å². The Labute approximate surface area is 93.7 Å². The van der Waals surface area contributed by atoms with Gasteiger partial charge < -0.3 is 17.7 Å². The molecule has 1 unspecified atom stereocenters. The number of hydrogen-bond donors (Lipinski definition) is 0. The lowest BCUT2D eigenvalue weighted by molar-refractivity contribution is -0.0374. The molecule has 0 fully saturated rings. The molecule has 5 heteroatoms. The van der Waals surface area contributed by atoms with Gasteiger partial charge in [0, 0.05) is 19.8 Å². The fourth-order valence-electron chi connectivity index (χ4n) is 1.03. The fraction of sp³-hybridized carbons (Fsp3) is 0.800. The Morgan fingerprint density at radius 3 is 1.73 bits per heavy atom. The molecular weight excluding hydrogens is 212 g/mol. The van der Waals surface area contributed by atoms with Crippen LogP contribution in [0.2, 0.25) is 0 Å². The van der Waals surface area contributed by atoms with E-state index in [1.54, 1.807) is 6.08 Å². The third-order valence-corrected chi connectivity index (χ3v) is 4.21. The summed E-state index contributed by atoms with van der Waals surface area (Å²) in [4.78, 5) is 0. The molecule has 0 aromatic carbocycles. The summed E-state index contributed by atoms with van der Waals surface area (Å²) in [6.07, 6.45) is 1.56. The molecule has 0 rings (SSSR count). The first-order valence-electron chi connectivity index (χ1n) is 5.36. The van der Waals surface area contributed by atoms with E-state index in [-0.39, 0.29) is 6.10 Å². The minimum atomic E-state index is -2.95. The molecule has 0 amide bonds. The van der Waals surface area contributed by atoms with Crippen LogP contribution < -0.4 is 0 Å². The standard InChI is InChI=1S/C10H22O4Si/c1-6-10(5)14-15(11-7-2,12-8-3)13-9-4/h6,10H,1,7-9H2,2-5H3. The van der Waals surface area contributed by atoms with Crippen molar-refractivity contribution in [3.63, 3.8) is 0 Å². The molecule has 1 atom stereocenters. The molecule has 0 aliphatic carbocycles. The summed E-state index contributed by atoms with van der Waals surface area (Å²) in [5.74, 6) is 0. The predicted molar refractivity (Wildman–Crippen MR) is 61.4 cm³/mol. The van der Waals surface area contributed by atoms with Gasteiger partial charge in [0.1, 0.15) is 0 Å². The summed E-state index contributed by atoms with van der Waals surface area (Å²) in [5, 5.41) is 0. The minimum absolute atomic E-state index is 0.138. The maximum Gasteiger partial charge on any atom is 0.680 e. The first-order valence-corrected chi connectivity index (χ1v) is 6.99. The van der Waals surface area contributed by atoms with Crippen molar-refractivity contribution in [3.05, 3.63) is 12.7 Å². The third kappa shape index (κ3) is 5.43. The molecule has 0 bridgehead atoms. The Bertz CT molecular complexity index is 158. The van der Waals surface area contributed by atoms with Crippen LogP contribution in [0.4, 0.5) is 0 Å². The summed E-state index contributed by atoms with van der Waals surface area (Å²) in [6, 6.07) is 0. The minimum Gasteiger partial charge on any atom is -0.351 e. The van der Waals surface area contributed by atoms with Crippen LogP contribution in [0, 0.1) is 0 Å². The lowest BCUT2D eigenvalue weighted by Crippen LogP contribution is -2.50. The van der Waals surface area contributed by atoms with Crippen molar-refractivity contribution in [2.24, 2.45) is 0 Å². The van der Waals surface area contributed by atoms with Gasteiger partial charge in [-0.3, -0.25) is 0 Å². The quantitative estimate of drug-likeness (QED) is 0.452. The van der Waals surface area contributed by atoms with Crippen LogP contribution in [0.3, 0.4) is 0 Å². The van der Waals surface area contributed by atoms with Crippen LogP contribution in [0.5, 0.6) is 0 Å². The highest BCUT2D eigenvalue weighted by Crippen LogP contribution is 2.14. The van der Waals surface area contributed by atoms with Crippen molar-refractivity contribution in [2.45, 2.75) is 33.8 Å². The van der Waals surface area contributed by atoms with Gasteiger partial charge in [0.05, 0.1) is 6.10 Å². The van der Waals surface area contributed by atoms with Crippen molar-refractivity contribution in [2.75, 3.05) is 19.8 Å². The molecule has 0 aliphatic rings. The van der Waals surface area contributed by atoms with Crippen LogP contribution >= 0.6 is 0 Å². The lowest BCUT2D eigenvalue weighted by Gasteiger charge is -2.28. The molecule has 0 spiro atoms. The molecule has 0 aromatic heterocycles. The van der Waals surface area contributed by atoms with Gasteiger partial charge in [0.2, 0.25) is 0 Å². The molecule has 0 aromatic rings. The second-order valence-corrected chi connectivity index (χ2v) is 4.96. The Kier molecular flexibility index (Phi) is 7.90. The van der Waals surface area contributed by atoms with E-state index < -0.39 is 9.05 Å². The van der Waals surface area contributed by atoms with Gasteiger partial charge in [0.25, 0.3) is 0 Å². The fourth-order valence-corrected chi connectivity index (χ4v) is 3.10. The first-order chi connectivity index (χ1) is 7.14. The Hall–Kier alpha value is -0.203. The van der Waals surface area contributed by atoms with Crippen molar-refractivity contribution >= 4 is 9.05 Å². The van der Waals surface area contributed by atoms with Crippen LogP contribution in [0.15, 0.2) is 12.7 Å². The maximum atomic E-state index is 5.66. The van der Waals surface area contributed by atoms with Crippen LogP contribution in [0.25, 0.3) is 0 Å². The van der Waals surface area contributed by atoms with Gasteiger partial charge in [-0.1, -0.05) is 6.08 Å². The average Bonchev–Trinajstić information content (AvgIpc) is 2.18.